The number of aryl methyl sites for hydroxylation is 2. The molecule has 0 aliphatic rings. The third kappa shape index (κ3) is 4.46. The molecule has 0 saturated heterocycles. The van der Waals surface area contributed by atoms with Gasteiger partial charge in [-0.15, -0.1) is 0 Å². The molecule has 2 N–H and O–H groups in total. The molecule has 0 aliphatic heterocycles. The first-order valence-corrected chi connectivity index (χ1v) is 8.73. The molecule has 0 saturated carbocycles. The van der Waals surface area contributed by atoms with E-state index in [1.165, 1.54) is 0 Å². The van der Waals surface area contributed by atoms with Gasteiger partial charge in [0.05, 0.1) is 12.0 Å². The fraction of sp³-hybridized carbons (Fsp3) is 0.263. The molecule has 3 aromatic rings. The van der Waals surface area contributed by atoms with Crippen molar-refractivity contribution in [2.75, 3.05) is 6.54 Å². The van der Waals surface area contributed by atoms with Gasteiger partial charge < -0.3 is 15.1 Å². The fourth-order valence-electron chi connectivity index (χ4n) is 2.79. The molecule has 1 atom stereocenters. The average Bonchev–Trinajstić information content (AvgIpc) is 3.25. The summed E-state index contributed by atoms with van der Waals surface area (Å²) in [6.45, 7) is 4.71. The van der Waals surface area contributed by atoms with E-state index in [9.17, 15) is 4.79 Å². The Bertz CT molecular complexity index is 856. The molecule has 6 nitrogen and oxygen atoms in total. The van der Waals surface area contributed by atoms with Gasteiger partial charge in [-0.3, -0.25) is 4.68 Å². The van der Waals surface area contributed by atoms with Crippen LogP contribution in [0.25, 0.3) is 0 Å². The number of benzene rings is 1. The zero-order valence-electron chi connectivity index (χ0n) is 14.7. The minimum absolute atomic E-state index is 0.208. The first-order chi connectivity index (χ1) is 12.5. The van der Waals surface area contributed by atoms with E-state index in [0.717, 1.165) is 22.7 Å². The molecule has 0 radical (unpaired) electrons. The van der Waals surface area contributed by atoms with E-state index in [1.807, 2.05) is 48.9 Å². The van der Waals surface area contributed by atoms with Crippen LogP contribution in [0, 0.1) is 13.8 Å². The summed E-state index contributed by atoms with van der Waals surface area (Å²) in [6, 6.07) is 12.6. The van der Waals surface area contributed by atoms with Crippen LogP contribution < -0.4 is 10.6 Å². The number of urea groups is 1. The first kappa shape index (κ1) is 18.1. The highest BCUT2D eigenvalue weighted by Crippen LogP contribution is 2.20. The maximum Gasteiger partial charge on any atom is 0.315 e. The van der Waals surface area contributed by atoms with Gasteiger partial charge in [0.25, 0.3) is 0 Å². The Morgan fingerprint density at radius 3 is 2.62 bits per heavy atom. The number of hydrogen-bond donors (Lipinski definition) is 2. The molecule has 136 valence electrons. The van der Waals surface area contributed by atoms with Gasteiger partial charge in [-0.1, -0.05) is 23.7 Å². The molecule has 26 heavy (non-hydrogen) atoms. The van der Waals surface area contributed by atoms with Crippen LogP contribution in [0.15, 0.2) is 53.1 Å². The maximum absolute atomic E-state index is 12.2. The summed E-state index contributed by atoms with van der Waals surface area (Å²) in [5, 5.41) is 10.9. The molecule has 2 amide bonds. The van der Waals surface area contributed by atoms with Gasteiger partial charge >= 0.3 is 6.03 Å². The summed E-state index contributed by atoms with van der Waals surface area (Å²) in [6.07, 6.45) is 1.62. The van der Waals surface area contributed by atoms with Crippen molar-refractivity contribution in [1.82, 2.24) is 20.4 Å². The molecule has 0 spiro atoms. The summed E-state index contributed by atoms with van der Waals surface area (Å²) in [4.78, 5) is 12.2. The summed E-state index contributed by atoms with van der Waals surface area (Å²) < 4.78 is 7.41. The lowest BCUT2D eigenvalue weighted by Gasteiger charge is -2.18. The summed E-state index contributed by atoms with van der Waals surface area (Å²) in [7, 11) is 0. The first-order valence-electron chi connectivity index (χ1n) is 8.35. The van der Waals surface area contributed by atoms with Crippen molar-refractivity contribution in [2.45, 2.75) is 26.4 Å². The van der Waals surface area contributed by atoms with E-state index >= 15 is 0 Å². The lowest BCUT2D eigenvalue weighted by Crippen LogP contribution is -2.39. The standard InChI is InChI=1S/C19H21ClN4O2/c1-13-10-14(2)24(23-13)17(18-4-3-9-26-18)12-22-19(25)21-11-15-5-7-16(20)8-6-15/h3-10,17H,11-12H2,1-2H3,(H2,21,22,25). The molecular formula is C19H21ClN4O2. The zero-order chi connectivity index (χ0) is 18.5. The van der Waals surface area contributed by atoms with Crippen LogP contribution in [0.4, 0.5) is 4.79 Å². The molecule has 1 aromatic carbocycles. The van der Waals surface area contributed by atoms with Gasteiger partial charge in [0, 0.05) is 23.8 Å². The van der Waals surface area contributed by atoms with Crippen molar-refractivity contribution in [1.29, 1.82) is 0 Å². The number of rotatable bonds is 6. The Morgan fingerprint density at radius 2 is 2.00 bits per heavy atom. The molecule has 2 aromatic heterocycles. The minimum atomic E-state index is -0.252. The number of aromatic nitrogens is 2. The minimum Gasteiger partial charge on any atom is -0.467 e. The number of nitrogens with one attached hydrogen (secondary N) is 2. The molecular weight excluding hydrogens is 352 g/mol. The van der Waals surface area contributed by atoms with E-state index in [-0.39, 0.29) is 12.1 Å². The van der Waals surface area contributed by atoms with Gasteiger partial charge in [-0.2, -0.15) is 5.10 Å². The lowest BCUT2D eigenvalue weighted by molar-refractivity contribution is 0.238. The predicted molar refractivity (Wildman–Crippen MR) is 100 cm³/mol. The third-order valence-electron chi connectivity index (χ3n) is 4.03. The topological polar surface area (TPSA) is 72.1 Å². The smallest absolute Gasteiger partial charge is 0.315 e. The van der Waals surface area contributed by atoms with Crippen molar-refractivity contribution < 1.29 is 9.21 Å². The monoisotopic (exact) mass is 372 g/mol. The fourth-order valence-corrected chi connectivity index (χ4v) is 2.91. The van der Waals surface area contributed by atoms with Gasteiger partial charge in [0.15, 0.2) is 0 Å². The van der Waals surface area contributed by atoms with E-state index in [4.69, 9.17) is 16.0 Å². The summed E-state index contributed by atoms with van der Waals surface area (Å²) in [5.74, 6) is 0.745. The largest absolute Gasteiger partial charge is 0.467 e. The lowest BCUT2D eigenvalue weighted by atomic mass is 10.2. The van der Waals surface area contributed by atoms with Crippen LogP contribution in [-0.2, 0) is 6.54 Å². The maximum atomic E-state index is 12.2. The van der Waals surface area contributed by atoms with E-state index in [0.29, 0.717) is 18.1 Å². The second-order valence-electron chi connectivity index (χ2n) is 6.09. The quantitative estimate of drug-likeness (QED) is 0.690. The highest BCUT2D eigenvalue weighted by atomic mass is 35.5. The predicted octanol–water partition coefficient (Wildman–Crippen LogP) is 3.84. The SMILES string of the molecule is Cc1cc(C)n(C(CNC(=O)NCc2ccc(Cl)cc2)c2ccco2)n1. The van der Waals surface area contributed by atoms with Crippen LogP contribution in [0.2, 0.25) is 5.02 Å². The zero-order valence-corrected chi connectivity index (χ0v) is 15.5. The van der Waals surface area contributed by atoms with Crippen molar-refractivity contribution >= 4 is 17.6 Å². The third-order valence-corrected chi connectivity index (χ3v) is 4.29. The summed E-state index contributed by atoms with van der Waals surface area (Å²) in [5.41, 5.74) is 2.91. The van der Waals surface area contributed by atoms with Crippen LogP contribution in [-0.4, -0.2) is 22.4 Å². The van der Waals surface area contributed by atoms with Gasteiger partial charge in [0.2, 0.25) is 0 Å². The van der Waals surface area contributed by atoms with Crippen molar-refractivity contribution in [3.05, 3.63) is 76.5 Å². The molecule has 1 unspecified atom stereocenters. The second-order valence-corrected chi connectivity index (χ2v) is 6.53. The number of nitrogens with zero attached hydrogens (tertiary/aromatic N) is 2. The Labute approximate surface area is 157 Å². The number of halogens is 1. The van der Waals surface area contributed by atoms with Gasteiger partial charge in [-0.25, -0.2) is 4.79 Å². The summed E-state index contributed by atoms with van der Waals surface area (Å²) >= 11 is 5.86. The molecule has 7 heteroatoms. The number of carbonyl (C=O) groups is 1. The Morgan fingerprint density at radius 1 is 1.23 bits per heavy atom. The van der Waals surface area contributed by atoms with E-state index in [1.54, 1.807) is 18.4 Å². The van der Waals surface area contributed by atoms with Gasteiger partial charge in [0.1, 0.15) is 11.8 Å². The molecule has 3 rings (SSSR count). The van der Waals surface area contributed by atoms with Crippen molar-refractivity contribution in [3.8, 4) is 0 Å². The normalized spacial score (nSPS) is 12.0. The Kier molecular flexibility index (Phi) is 5.63. The van der Waals surface area contributed by atoms with E-state index < -0.39 is 0 Å². The van der Waals surface area contributed by atoms with Crippen molar-refractivity contribution in [2.24, 2.45) is 0 Å². The van der Waals surface area contributed by atoms with Crippen LogP contribution in [0.1, 0.15) is 28.8 Å². The van der Waals surface area contributed by atoms with E-state index in [2.05, 4.69) is 15.7 Å². The van der Waals surface area contributed by atoms with Crippen LogP contribution >= 0.6 is 11.6 Å². The number of furan rings is 1. The number of amides is 2. The van der Waals surface area contributed by atoms with Gasteiger partial charge in [-0.05, 0) is 49.7 Å². The van der Waals surface area contributed by atoms with Crippen LogP contribution in [0.5, 0.6) is 0 Å². The molecule has 0 bridgehead atoms. The van der Waals surface area contributed by atoms with Crippen molar-refractivity contribution in [3.63, 3.8) is 0 Å². The molecule has 2 heterocycles. The van der Waals surface area contributed by atoms with Crippen LogP contribution in [0.3, 0.4) is 0 Å². The highest BCUT2D eigenvalue weighted by Gasteiger charge is 2.20. The molecule has 0 fully saturated rings. The molecule has 0 aliphatic carbocycles. The highest BCUT2D eigenvalue weighted by molar-refractivity contribution is 6.30. The second kappa shape index (κ2) is 8.10. The Balaban J connectivity index is 1.61. The number of hydrogen-bond acceptors (Lipinski definition) is 3. The Hall–Kier alpha value is -2.73. The average molecular weight is 373 g/mol. The number of carbonyl (C=O) groups excluding carboxylic acids is 1.